The normalized spacial score (nSPS) is 27.0. The third-order valence-electron chi connectivity index (χ3n) is 4.97. The zero-order chi connectivity index (χ0) is 16.9. The molecule has 1 amide bonds. The second-order valence-corrected chi connectivity index (χ2v) is 9.17. The van der Waals surface area contributed by atoms with Gasteiger partial charge in [0.15, 0.2) is 0 Å². The van der Waals surface area contributed by atoms with Crippen LogP contribution in [-0.2, 0) is 4.74 Å². The van der Waals surface area contributed by atoms with Gasteiger partial charge in [0.2, 0.25) is 0 Å². The largest absolute Gasteiger partial charge is 0.444 e. The van der Waals surface area contributed by atoms with E-state index >= 15 is 0 Å². The first-order valence-electron chi connectivity index (χ1n) is 9.11. The van der Waals surface area contributed by atoms with Crippen molar-refractivity contribution >= 4 is 17.9 Å². The van der Waals surface area contributed by atoms with Gasteiger partial charge in [-0.15, -0.1) is 0 Å². The molecule has 23 heavy (non-hydrogen) atoms. The highest BCUT2D eigenvalue weighted by Gasteiger charge is 2.27. The van der Waals surface area contributed by atoms with Crippen LogP contribution >= 0.6 is 11.8 Å². The number of likely N-dealkylation sites (tertiary alicyclic amines) is 1. The third kappa shape index (κ3) is 6.54. The fourth-order valence-corrected chi connectivity index (χ4v) is 4.23. The van der Waals surface area contributed by atoms with Gasteiger partial charge >= 0.3 is 6.09 Å². The molecule has 2 fully saturated rings. The van der Waals surface area contributed by atoms with Gasteiger partial charge in [-0.25, -0.2) is 4.79 Å². The highest BCUT2D eigenvalue weighted by atomic mass is 32.2. The molecular formula is C18H34N2O2S. The van der Waals surface area contributed by atoms with E-state index in [-0.39, 0.29) is 6.09 Å². The van der Waals surface area contributed by atoms with E-state index < -0.39 is 5.60 Å². The van der Waals surface area contributed by atoms with Crippen LogP contribution in [-0.4, -0.2) is 53.8 Å². The van der Waals surface area contributed by atoms with Crippen LogP contribution in [0.3, 0.4) is 0 Å². The second kappa shape index (κ2) is 8.61. The van der Waals surface area contributed by atoms with Crippen molar-refractivity contribution < 1.29 is 9.53 Å². The van der Waals surface area contributed by atoms with Crippen molar-refractivity contribution in [1.29, 1.82) is 0 Å². The lowest BCUT2D eigenvalue weighted by atomic mass is 9.92. The predicted octanol–water partition coefficient (Wildman–Crippen LogP) is 3.90. The van der Waals surface area contributed by atoms with Crippen LogP contribution in [0.1, 0.15) is 59.3 Å². The Morgan fingerprint density at radius 3 is 2.26 bits per heavy atom. The predicted molar refractivity (Wildman–Crippen MR) is 98.1 cm³/mol. The molecule has 0 atom stereocenters. The molecule has 0 aromatic heterocycles. The number of ether oxygens (including phenoxy) is 1. The zero-order valence-corrected chi connectivity index (χ0v) is 16.1. The molecule has 1 heterocycles. The minimum Gasteiger partial charge on any atom is -0.444 e. The number of nitrogens with one attached hydrogen (secondary N) is 1. The zero-order valence-electron chi connectivity index (χ0n) is 15.3. The van der Waals surface area contributed by atoms with Crippen molar-refractivity contribution in [1.82, 2.24) is 10.2 Å². The van der Waals surface area contributed by atoms with Crippen molar-refractivity contribution in [2.45, 2.75) is 76.2 Å². The van der Waals surface area contributed by atoms with Gasteiger partial charge in [-0.3, -0.25) is 0 Å². The molecule has 1 saturated carbocycles. The Morgan fingerprint density at radius 2 is 1.74 bits per heavy atom. The molecule has 0 unspecified atom stereocenters. The molecule has 1 saturated heterocycles. The number of hydrogen-bond acceptors (Lipinski definition) is 4. The summed E-state index contributed by atoms with van der Waals surface area (Å²) in [6.07, 6.45) is 9.62. The molecule has 1 aliphatic heterocycles. The molecule has 5 heteroatoms. The number of nitrogens with zero attached hydrogens (tertiary/aromatic N) is 1. The van der Waals surface area contributed by atoms with Gasteiger partial charge in [0.1, 0.15) is 5.60 Å². The van der Waals surface area contributed by atoms with E-state index in [9.17, 15) is 4.79 Å². The van der Waals surface area contributed by atoms with Gasteiger partial charge < -0.3 is 15.0 Å². The molecule has 4 nitrogen and oxygen atoms in total. The van der Waals surface area contributed by atoms with E-state index in [4.69, 9.17) is 4.74 Å². The van der Waals surface area contributed by atoms with Crippen LogP contribution in [0.25, 0.3) is 0 Å². The Morgan fingerprint density at radius 1 is 1.13 bits per heavy atom. The summed E-state index contributed by atoms with van der Waals surface area (Å²) in [5.74, 6) is 0.701. The van der Waals surface area contributed by atoms with Crippen LogP contribution in [0.2, 0.25) is 0 Å². The van der Waals surface area contributed by atoms with E-state index in [1.807, 2.05) is 37.4 Å². The number of rotatable bonds is 4. The number of thioether (sulfide) groups is 1. The summed E-state index contributed by atoms with van der Waals surface area (Å²) in [7, 11) is 0. The van der Waals surface area contributed by atoms with Crippen molar-refractivity contribution in [3.8, 4) is 0 Å². The summed E-state index contributed by atoms with van der Waals surface area (Å²) in [5, 5.41) is 4.65. The van der Waals surface area contributed by atoms with E-state index in [0.29, 0.717) is 12.0 Å². The molecule has 0 aromatic rings. The molecule has 1 aliphatic carbocycles. The van der Waals surface area contributed by atoms with Gasteiger partial charge in [-0.2, -0.15) is 11.8 Å². The molecule has 0 aromatic carbocycles. The van der Waals surface area contributed by atoms with Crippen LogP contribution in [0.15, 0.2) is 0 Å². The highest BCUT2D eigenvalue weighted by Crippen LogP contribution is 2.27. The van der Waals surface area contributed by atoms with Gasteiger partial charge in [0, 0.05) is 24.4 Å². The lowest BCUT2D eigenvalue weighted by molar-refractivity contribution is 0.0183. The summed E-state index contributed by atoms with van der Waals surface area (Å²) in [5.41, 5.74) is -0.398. The Balaban J connectivity index is 1.62. The third-order valence-corrected chi connectivity index (χ3v) is 6.11. The number of hydrogen-bond donors (Lipinski definition) is 1. The second-order valence-electron chi connectivity index (χ2n) is 8.03. The molecule has 134 valence electrons. The SMILES string of the molecule is CSC1CCC(NCC2CCN(C(=O)OC(C)(C)C)CC2)CC1. The molecular weight excluding hydrogens is 308 g/mol. The average molecular weight is 343 g/mol. The quantitative estimate of drug-likeness (QED) is 0.841. The van der Waals surface area contributed by atoms with E-state index in [2.05, 4.69) is 11.6 Å². The van der Waals surface area contributed by atoms with Gasteiger partial charge in [0.05, 0.1) is 0 Å². The van der Waals surface area contributed by atoms with Crippen molar-refractivity contribution in [3.63, 3.8) is 0 Å². The summed E-state index contributed by atoms with van der Waals surface area (Å²) in [6.45, 7) is 8.55. The first-order chi connectivity index (χ1) is 10.9. The first kappa shape index (κ1) is 18.9. The maximum atomic E-state index is 12.1. The van der Waals surface area contributed by atoms with Crippen LogP contribution in [0, 0.1) is 5.92 Å². The lowest BCUT2D eigenvalue weighted by Gasteiger charge is -2.35. The number of carbonyl (C=O) groups is 1. The van der Waals surface area contributed by atoms with Crippen molar-refractivity contribution in [3.05, 3.63) is 0 Å². The van der Waals surface area contributed by atoms with Crippen LogP contribution in [0.5, 0.6) is 0 Å². The smallest absolute Gasteiger partial charge is 0.410 e. The lowest BCUT2D eigenvalue weighted by Crippen LogP contribution is -2.44. The Hall–Kier alpha value is -0.420. The topological polar surface area (TPSA) is 41.6 Å². The maximum absolute atomic E-state index is 12.1. The summed E-state index contributed by atoms with van der Waals surface area (Å²) < 4.78 is 5.46. The van der Waals surface area contributed by atoms with Gasteiger partial charge in [-0.05, 0) is 78.0 Å². The number of piperidine rings is 1. The number of carbonyl (C=O) groups excluding carboxylic acids is 1. The monoisotopic (exact) mass is 342 g/mol. The van der Waals surface area contributed by atoms with Crippen LogP contribution in [0.4, 0.5) is 4.79 Å². The Labute approximate surface area is 146 Å². The Bertz CT molecular complexity index is 368. The standard InChI is InChI=1S/C18H34N2O2S/c1-18(2,3)22-17(21)20-11-9-14(10-12-20)13-19-15-5-7-16(23-4)8-6-15/h14-16,19H,5-13H2,1-4H3. The minimum absolute atomic E-state index is 0.153. The molecule has 0 spiro atoms. The molecule has 1 N–H and O–H groups in total. The van der Waals surface area contributed by atoms with E-state index in [1.54, 1.807) is 0 Å². The molecule has 2 rings (SSSR count). The summed E-state index contributed by atoms with van der Waals surface area (Å²) in [6, 6.07) is 0.710. The molecule has 0 radical (unpaired) electrons. The van der Waals surface area contributed by atoms with E-state index in [0.717, 1.165) is 37.7 Å². The molecule has 0 bridgehead atoms. The fourth-order valence-electron chi connectivity index (χ4n) is 3.48. The Kier molecular flexibility index (Phi) is 7.08. The fraction of sp³-hybridized carbons (Fsp3) is 0.944. The average Bonchev–Trinajstić information content (AvgIpc) is 2.52. The van der Waals surface area contributed by atoms with Crippen molar-refractivity contribution in [2.24, 2.45) is 5.92 Å². The number of amides is 1. The van der Waals surface area contributed by atoms with Gasteiger partial charge in [0.25, 0.3) is 0 Å². The molecule has 2 aliphatic rings. The summed E-state index contributed by atoms with van der Waals surface area (Å²) in [4.78, 5) is 13.9. The minimum atomic E-state index is -0.398. The van der Waals surface area contributed by atoms with Crippen molar-refractivity contribution in [2.75, 3.05) is 25.9 Å². The maximum Gasteiger partial charge on any atom is 0.410 e. The highest BCUT2D eigenvalue weighted by molar-refractivity contribution is 7.99. The van der Waals surface area contributed by atoms with Crippen LogP contribution < -0.4 is 5.32 Å². The van der Waals surface area contributed by atoms with E-state index in [1.165, 1.54) is 25.7 Å². The first-order valence-corrected chi connectivity index (χ1v) is 10.4. The summed E-state index contributed by atoms with van der Waals surface area (Å²) >= 11 is 2.02. The van der Waals surface area contributed by atoms with Gasteiger partial charge in [-0.1, -0.05) is 0 Å².